The first-order chi connectivity index (χ1) is 14.3. The number of hydrogen-bond acceptors (Lipinski definition) is 4. The third-order valence-electron chi connectivity index (χ3n) is 4.20. The van der Waals surface area contributed by atoms with Crippen LogP contribution in [0.25, 0.3) is 0 Å². The molecule has 0 heterocycles. The normalized spacial score (nSPS) is 12.1. The van der Waals surface area contributed by atoms with Crippen molar-refractivity contribution in [2.24, 2.45) is 0 Å². The monoisotopic (exact) mass is 536 g/mol. The molecule has 2 radical (unpaired) electrons. The first-order valence-corrected chi connectivity index (χ1v) is 12.6. The largest absolute Gasteiger partial charge is 0.417 e. The van der Waals surface area contributed by atoms with Crippen LogP contribution in [0.3, 0.4) is 0 Å². The van der Waals surface area contributed by atoms with E-state index in [0.717, 1.165) is 30.3 Å². The van der Waals surface area contributed by atoms with Crippen molar-refractivity contribution in [1.82, 2.24) is 0 Å². The zero-order valence-corrected chi connectivity index (χ0v) is 23.9. The van der Waals surface area contributed by atoms with Crippen molar-refractivity contribution in [3.63, 3.8) is 0 Å². The fourth-order valence-electron chi connectivity index (χ4n) is 2.90. The molecule has 14 heteroatoms. The summed E-state index contributed by atoms with van der Waals surface area (Å²) in [6.07, 6.45) is -4.74. The van der Waals surface area contributed by atoms with Crippen molar-refractivity contribution in [2.75, 3.05) is 0 Å². The summed E-state index contributed by atoms with van der Waals surface area (Å²) in [5.41, 5.74) is -0.976. The van der Waals surface area contributed by atoms with E-state index in [4.69, 9.17) is 0 Å². The van der Waals surface area contributed by atoms with Crippen LogP contribution in [0.4, 0.5) is 13.2 Å². The molecule has 0 atom stereocenters. The Hall–Kier alpha value is -0.300. The quantitative estimate of drug-likeness (QED) is 0.294. The SMILES string of the molecule is O=S(=O)(O)c1cccc(P(c2cccc(S(=O)(=O)O)c2)c2ccccc2C(F)(F)F)c1.[Na].[Na]. The van der Waals surface area contributed by atoms with E-state index < -0.39 is 49.7 Å². The van der Waals surface area contributed by atoms with Crippen LogP contribution in [0.1, 0.15) is 5.56 Å². The molecule has 2 N–H and O–H groups in total. The molecule has 0 aliphatic rings. The van der Waals surface area contributed by atoms with Gasteiger partial charge in [0.2, 0.25) is 0 Å². The van der Waals surface area contributed by atoms with Crippen molar-refractivity contribution in [3.8, 4) is 0 Å². The zero-order valence-electron chi connectivity index (χ0n) is 17.4. The van der Waals surface area contributed by atoms with Crippen LogP contribution in [-0.2, 0) is 26.4 Å². The predicted octanol–water partition coefficient (Wildman–Crippen LogP) is 2.20. The third-order valence-corrected chi connectivity index (χ3v) is 8.36. The predicted molar refractivity (Wildman–Crippen MR) is 121 cm³/mol. The van der Waals surface area contributed by atoms with Gasteiger partial charge in [0.15, 0.2) is 0 Å². The molecule has 0 bridgehead atoms. The van der Waals surface area contributed by atoms with Gasteiger partial charge in [0, 0.05) is 59.1 Å². The van der Waals surface area contributed by atoms with Gasteiger partial charge >= 0.3 is 6.18 Å². The van der Waals surface area contributed by atoms with Gasteiger partial charge in [-0.3, -0.25) is 9.11 Å². The third kappa shape index (κ3) is 7.59. The first kappa shape index (κ1) is 30.7. The molecule has 0 aromatic heterocycles. The van der Waals surface area contributed by atoms with Crippen LogP contribution in [0, 0.1) is 0 Å². The summed E-state index contributed by atoms with van der Waals surface area (Å²) in [4.78, 5) is -1.04. The summed E-state index contributed by atoms with van der Waals surface area (Å²) >= 11 is 0. The van der Waals surface area contributed by atoms with E-state index in [1.807, 2.05) is 0 Å². The molecule has 3 aromatic rings. The van der Waals surface area contributed by atoms with Gasteiger partial charge in [-0.05, 0) is 54.2 Å². The Kier molecular flexibility index (Phi) is 10.8. The number of alkyl halides is 3. The van der Waals surface area contributed by atoms with E-state index in [1.54, 1.807) is 0 Å². The van der Waals surface area contributed by atoms with Crippen LogP contribution in [-0.4, -0.2) is 85.1 Å². The second-order valence-corrected chi connectivity index (χ2v) is 11.3. The number of halogens is 3. The maximum Gasteiger partial charge on any atom is 0.417 e. The Balaban J connectivity index is 0.00000272. The van der Waals surface area contributed by atoms with E-state index in [1.165, 1.54) is 42.5 Å². The number of benzene rings is 3. The molecule has 3 rings (SSSR count). The summed E-state index contributed by atoms with van der Waals surface area (Å²) in [5, 5.41) is 0.0357. The molecule has 0 unspecified atom stereocenters. The van der Waals surface area contributed by atoms with E-state index in [9.17, 15) is 39.1 Å². The van der Waals surface area contributed by atoms with Crippen LogP contribution < -0.4 is 15.9 Å². The molecule has 0 aliphatic carbocycles. The Bertz CT molecular complexity index is 1270. The van der Waals surface area contributed by atoms with Gasteiger partial charge in [0.05, 0.1) is 15.4 Å². The number of rotatable bonds is 5. The average molecular weight is 536 g/mol. The van der Waals surface area contributed by atoms with Gasteiger partial charge < -0.3 is 0 Å². The van der Waals surface area contributed by atoms with Crippen LogP contribution >= 0.6 is 7.92 Å². The summed E-state index contributed by atoms with van der Waals surface area (Å²) in [6, 6.07) is 14.2. The summed E-state index contributed by atoms with van der Waals surface area (Å²) in [7, 11) is -11.4. The molecule has 0 fully saturated rings. The maximum atomic E-state index is 13.7. The molecule has 3 aromatic carbocycles. The Labute approximate surface area is 234 Å². The van der Waals surface area contributed by atoms with Crippen LogP contribution in [0.15, 0.2) is 82.6 Å². The van der Waals surface area contributed by atoms with Crippen molar-refractivity contribution < 1.29 is 39.1 Å². The minimum atomic E-state index is -4.74. The van der Waals surface area contributed by atoms with Gasteiger partial charge in [-0.2, -0.15) is 30.0 Å². The molecular weight excluding hydrogens is 522 g/mol. The molecule has 0 aliphatic heterocycles. The fourth-order valence-corrected chi connectivity index (χ4v) is 6.67. The fraction of sp³-hybridized carbons (Fsp3) is 0.0526. The molecule has 33 heavy (non-hydrogen) atoms. The molecule has 0 spiro atoms. The van der Waals surface area contributed by atoms with E-state index in [-0.39, 0.29) is 75.0 Å². The smallest absolute Gasteiger partial charge is 0.282 e. The van der Waals surface area contributed by atoms with Crippen molar-refractivity contribution >= 4 is 103 Å². The van der Waals surface area contributed by atoms with E-state index in [0.29, 0.717) is 0 Å². The van der Waals surface area contributed by atoms with Gasteiger partial charge in [-0.25, -0.2) is 0 Å². The molecule has 166 valence electrons. The Morgan fingerprint density at radius 3 is 1.48 bits per heavy atom. The first-order valence-electron chi connectivity index (χ1n) is 8.40. The van der Waals surface area contributed by atoms with E-state index >= 15 is 0 Å². The van der Waals surface area contributed by atoms with Crippen LogP contribution in [0.2, 0.25) is 0 Å². The standard InChI is InChI=1S/C19H14F3O6PS2.2Na/c20-19(21,22)17-9-1-2-10-18(17)29(13-5-3-7-15(11-13)30(23,24)25)14-6-4-8-16(12-14)31(26,27)28;;/h1-12H,(H,23,24,25)(H,26,27,28);;. The summed E-state index contributed by atoms with van der Waals surface area (Å²) in [5.74, 6) is 0. The molecule has 0 amide bonds. The minimum absolute atomic E-state index is 0. The van der Waals surface area contributed by atoms with Crippen molar-refractivity contribution in [1.29, 1.82) is 0 Å². The van der Waals surface area contributed by atoms with Crippen LogP contribution in [0.5, 0.6) is 0 Å². The van der Waals surface area contributed by atoms with Gasteiger partial charge in [-0.15, -0.1) is 0 Å². The van der Waals surface area contributed by atoms with Gasteiger partial charge in [-0.1, -0.05) is 42.5 Å². The molecule has 0 saturated carbocycles. The van der Waals surface area contributed by atoms with Crippen molar-refractivity contribution in [2.45, 2.75) is 16.0 Å². The summed E-state index contributed by atoms with van der Waals surface area (Å²) < 4.78 is 106. The van der Waals surface area contributed by atoms with Crippen molar-refractivity contribution in [3.05, 3.63) is 78.4 Å². The van der Waals surface area contributed by atoms with E-state index in [2.05, 4.69) is 0 Å². The average Bonchev–Trinajstić information content (AvgIpc) is 2.67. The van der Waals surface area contributed by atoms with Gasteiger partial charge in [0.1, 0.15) is 0 Å². The second kappa shape index (κ2) is 11.6. The Morgan fingerprint density at radius 1 is 0.667 bits per heavy atom. The maximum absolute atomic E-state index is 13.7. The molecule has 6 nitrogen and oxygen atoms in total. The molecule has 0 saturated heterocycles. The summed E-state index contributed by atoms with van der Waals surface area (Å²) in [6.45, 7) is 0. The topological polar surface area (TPSA) is 109 Å². The minimum Gasteiger partial charge on any atom is -0.282 e. The second-order valence-electron chi connectivity index (χ2n) is 6.30. The zero-order chi connectivity index (χ0) is 23.0. The molecular formula is C19H14F3Na2O6PS2. The Morgan fingerprint density at radius 2 is 1.09 bits per heavy atom. The van der Waals surface area contributed by atoms with Gasteiger partial charge in [0.25, 0.3) is 20.2 Å². The number of hydrogen-bond donors (Lipinski definition) is 2.